The topological polar surface area (TPSA) is 42.0 Å². The van der Waals surface area contributed by atoms with Crippen LogP contribution in [0.1, 0.15) is 70.5 Å². The lowest BCUT2D eigenvalue weighted by atomic mass is 9.89. The van der Waals surface area contributed by atoms with Crippen molar-refractivity contribution in [1.29, 1.82) is 0 Å². The number of carbonyl (C=O) groups is 1. The van der Waals surface area contributed by atoms with Crippen LogP contribution in [-0.4, -0.2) is 10.9 Å². The zero-order valence-electron chi connectivity index (χ0n) is 16.7. The third kappa shape index (κ3) is 3.42. The summed E-state index contributed by atoms with van der Waals surface area (Å²) < 4.78 is 0. The molecule has 5 rings (SSSR count). The van der Waals surface area contributed by atoms with E-state index < -0.39 is 0 Å². The van der Waals surface area contributed by atoms with E-state index in [0.29, 0.717) is 5.02 Å². The Morgan fingerprint density at radius 1 is 1.00 bits per heavy atom. The summed E-state index contributed by atoms with van der Waals surface area (Å²) in [7, 11) is 0. The van der Waals surface area contributed by atoms with Gasteiger partial charge in [-0.3, -0.25) is 9.78 Å². The number of aryl methyl sites for hydroxylation is 3. The van der Waals surface area contributed by atoms with E-state index in [1.54, 1.807) is 0 Å². The van der Waals surface area contributed by atoms with Crippen molar-refractivity contribution in [3.63, 3.8) is 0 Å². The van der Waals surface area contributed by atoms with E-state index in [1.165, 1.54) is 36.0 Å². The predicted molar refractivity (Wildman–Crippen MR) is 118 cm³/mol. The van der Waals surface area contributed by atoms with Gasteiger partial charge in [0, 0.05) is 16.1 Å². The lowest BCUT2D eigenvalue weighted by Crippen LogP contribution is -2.28. The Balaban J connectivity index is 1.49. The third-order valence-electron chi connectivity index (χ3n) is 6.42. The number of amides is 1. The van der Waals surface area contributed by atoms with E-state index in [0.717, 1.165) is 53.4 Å². The van der Waals surface area contributed by atoms with Crippen molar-refractivity contribution in [3.8, 4) is 0 Å². The van der Waals surface area contributed by atoms with Crippen LogP contribution >= 0.6 is 11.6 Å². The van der Waals surface area contributed by atoms with Crippen LogP contribution in [0, 0.1) is 0 Å². The van der Waals surface area contributed by atoms with Gasteiger partial charge in [-0.1, -0.05) is 29.8 Å². The molecule has 0 radical (unpaired) electrons. The van der Waals surface area contributed by atoms with Gasteiger partial charge in [-0.05, 0) is 92.3 Å². The monoisotopic (exact) mass is 404 g/mol. The van der Waals surface area contributed by atoms with Gasteiger partial charge in [0.25, 0.3) is 5.91 Å². The van der Waals surface area contributed by atoms with E-state index in [1.807, 2.05) is 18.2 Å². The van der Waals surface area contributed by atoms with Gasteiger partial charge < -0.3 is 5.32 Å². The van der Waals surface area contributed by atoms with Crippen LogP contribution in [0.2, 0.25) is 5.02 Å². The van der Waals surface area contributed by atoms with Crippen molar-refractivity contribution in [2.24, 2.45) is 0 Å². The van der Waals surface area contributed by atoms with Crippen molar-refractivity contribution in [1.82, 2.24) is 10.3 Å². The molecule has 0 aliphatic heterocycles. The van der Waals surface area contributed by atoms with Gasteiger partial charge in [0.15, 0.2) is 0 Å². The van der Waals surface area contributed by atoms with E-state index in [9.17, 15) is 4.79 Å². The van der Waals surface area contributed by atoms with Crippen LogP contribution in [0.4, 0.5) is 0 Å². The highest BCUT2D eigenvalue weighted by molar-refractivity contribution is 6.31. The first-order valence-electron chi connectivity index (χ1n) is 10.6. The molecule has 0 saturated carbocycles. The fourth-order valence-corrected chi connectivity index (χ4v) is 5.04. The number of hydrogen-bond acceptors (Lipinski definition) is 2. The quantitative estimate of drug-likeness (QED) is 0.604. The molecule has 1 heterocycles. The fourth-order valence-electron chi connectivity index (χ4n) is 4.87. The molecule has 3 nitrogen and oxygen atoms in total. The Morgan fingerprint density at radius 3 is 2.69 bits per heavy atom. The molecule has 0 spiro atoms. The second kappa shape index (κ2) is 7.46. The van der Waals surface area contributed by atoms with Crippen LogP contribution in [-0.2, 0) is 25.7 Å². The molecule has 1 amide bonds. The second-order valence-corrected chi connectivity index (χ2v) is 8.79. The average molecular weight is 405 g/mol. The number of carbonyl (C=O) groups excluding carboxylic acids is 1. The highest BCUT2D eigenvalue weighted by Gasteiger charge is 2.25. The van der Waals surface area contributed by atoms with E-state index in [4.69, 9.17) is 16.6 Å². The summed E-state index contributed by atoms with van der Waals surface area (Å²) in [5, 5.41) is 4.74. The Hall–Kier alpha value is -2.39. The Kier molecular flexibility index (Phi) is 4.79. The van der Waals surface area contributed by atoms with Crippen molar-refractivity contribution in [2.45, 2.75) is 57.9 Å². The van der Waals surface area contributed by atoms with E-state index >= 15 is 0 Å². The smallest absolute Gasteiger partial charge is 0.252 e. The molecule has 3 aromatic rings. The van der Waals surface area contributed by atoms with Crippen molar-refractivity contribution >= 4 is 28.4 Å². The molecule has 0 fully saturated rings. The number of hydrogen-bond donors (Lipinski definition) is 1. The van der Waals surface area contributed by atoms with Crippen LogP contribution in [0.25, 0.3) is 10.9 Å². The molecular weight excluding hydrogens is 380 g/mol. The molecule has 1 aromatic heterocycles. The van der Waals surface area contributed by atoms with Gasteiger partial charge in [0.1, 0.15) is 0 Å². The minimum atomic E-state index is -0.0471. The molecule has 0 saturated heterocycles. The summed E-state index contributed by atoms with van der Waals surface area (Å²) in [5.41, 5.74) is 7.84. The summed E-state index contributed by atoms with van der Waals surface area (Å²) in [6, 6.07) is 12.3. The van der Waals surface area contributed by atoms with Crippen LogP contribution in [0.3, 0.4) is 0 Å². The maximum Gasteiger partial charge on any atom is 0.252 e. The third-order valence-corrected chi connectivity index (χ3v) is 6.66. The number of benzene rings is 2. The number of aromatic nitrogens is 1. The number of pyridine rings is 1. The molecule has 2 aliphatic carbocycles. The van der Waals surface area contributed by atoms with E-state index in [-0.39, 0.29) is 11.9 Å². The second-order valence-electron chi connectivity index (χ2n) is 8.36. The van der Waals surface area contributed by atoms with Crippen LogP contribution in [0.5, 0.6) is 0 Å². The lowest BCUT2D eigenvalue weighted by molar-refractivity contribution is 0.0940. The average Bonchev–Trinajstić information content (AvgIpc) is 3.19. The van der Waals surface area contributed by atoms with Crippen molar-refractivity contribution in [3.05, 3.63) is 74.9 Å². The summed E-state index contributed by atoms with van der Waals surface area (Å²) >= 11 is 6.26. The highest BCUT2D eigenvalue weighted by Crippen LogP contribution is 2.32. The van der Waals surface area contributed by atoms with Crippen molar-refractivity contribution in [2.75, 3.05) is 0 Å². The van der Waals surface area contributed by atoms with Gasteiger partial charge in [-0.25, -0.2) is 0 Å². The number of fused-ring (bicyclic) bond motifs is 3. The summed E-state index contributed by atoms with van der Waals surface area (Å²) in [6.45, 7) is 2.07. The molecule has 0 bridgehead atoms. The maximum absolute atomic E-state index is 13.4. The largest absolute Gasteiger partial charge is 0.345 e. The summed E-state index contributed by atoms with van der Waals surface area (Å²) in [6.07, 6.45) is 7.74. The minimum Gasteiger partial charge on any atom is -0.345 e. The number of nitrogens with zero attached hydrogens (tertiary/aromatic N) is 1. The Morgan fingerprint density at radius 2 is 1.83 bits per heavy atom. The predicted octanol–water partition coefficient (Wildman–Crippen LogP) is 5.75. The first-order valence-corrected chi connectivity index (χ1v) is 11.0. The van der Waals surface area contributed by atoms with Crippen LogP contribution in [0.15, 0.2) is 36.4 Å². The molecule has 1 unspecified atom stereocenters. The van der Waals surface area contributed by atoms with Gasteiger partial charge >= 0.3 is 0 Å². The van der Waals surface area contributed by atoms with Gasteiger partial charge in [-0.15, -0.1) is 0 Å². The Labute approximate surface area is 176 Å². The summed E-state index contributed by atoms with van der Waals surface area (Å²) in [5.74, 6) is -0.0250. The number of nitrogens with one attached hydrogen (secondary N) is 1. The van der Waals surface area contributed by atoms with Gasteiger partial charge in [0.05, 0.1) is 17.1 Å². The first-order chi connectivity index (χ1) is 14.1. The number of halogens is 1. The molecule has 148 valence electrons. The molecule has 1 N–H and O–H groups in total. The summed E-state index contributed by atoms with van der Waals surface area (Å²) in [4.78, 5) is 18.2. The van der Waals surface area contributed by atoms with Crippen LogP contribution < -0.4 is 5.32 Å². The minimum absolute atomic E-state index is 0.0250. The molecular formula is C25H25ClN2O. The normalized spacial score (nSPS) is 16.3. The lowest BCUT2D eigenvalue weighted by Gasteiger charge is -2.21. The zero-order chi connectivity index (χ0) is 20.0. The zero-order valence-corrected chi connectivity index (χ0v) is 17.5. The molecule has 1 atom stereocenters. The molecule has 2 aromatic carbocycles. The molecule has 2 aliphatic rings. The standard InChI is InChI=1S/C25H25ClN2O/c1-15(17-10-9-16-5-2-3-6-18(16)13-17)27-25(29)24-20-7-4-8-22(20)28-23-12-11-19(26)14-21(23)24/h9-15H,2-8H2,1H3,(H,27,29). The molecule has 4 heteroatoms. The Bertz CT molecular complexity index is 1120. The van der Waals surface area contributed by atoms with Crippen molar-refractivity contribution < 1.29 is 4.79 Å². The van der Waals surface area contributed by atoms with Gasteiger partial charge in [0.2, 0.25) is 0 Å². The highest BCUT2D eigenvalue weighted by atomic mass is 35.5. The van der Waals surface area contributed by atoms with Gasteiger partial charge in [-0.2, -0.15) is 0 Å². The fraction of sp³-hybridized carbons (Fsp3) is 0.360. The van der Waals surface area contributed by atoms with E-state index in [2.05, 4.69) is 30.4 Å². The SMILES string of the molecule is CC(NC(=O)c1c2c(nc3ccc(Cl)cc13)CCC2)c1ccc2c(c1)CCCC2. The first kappa shape index (κ1) is 18.6. The maximum atomic E-state index is 13.4. The molecule has 29 heavy (non-hydrogen) atoms. The number of rotatable bonds is 3.